The molecule has 156 valence electrons. The quantitative estimate of drug-likeness (QED) is 0.482. The van der Waals surface area contributed by atoms with Gasteiger partial charge >= 0.3 is 0 Å². The molecule has 0 N–H and O–H groups in total. The van der Waals surface area contributed by atoms with Crippen molar-refractivity contribution >= 4 is 11.3 Å². The van der Waals surface area contributed by atoms with E-state index in [1.165, 1.54) is 0 Å². The zero-order chi connectivity index (χ0) is 21.8. The Hall–Kier alpha value is -2.41. The van der Waals surface area contributed by atoms with E-state index in [1.54, 1.807) is 6.20 Å². The summed E-state index contributed by atoms with van der Waals surface area (Å²) in [6, 6.07) is 5.93. The molecule has 4 heteroatoms. The minimum atomic E-state index is -0.413. The Morgan fingerprint density at radius 2 is 2.10 bits per heavy atom. The number of nitrogens with zero attached hydrogens (tertiary/aromatic N) is 3. The lowest BCUT2D eigenvalue weighted by Gasteiger charge is -2.43. The third kappa shape index (κ3) is 4.45. The molecule has 3 unspecified atom stereocenters. The van der Waals surface area contributed by atoms with Crippen LogP contribution in [0.15, 0.2) is 47.5 Å². The van der Waals surface area contributed by atoms with Crippen LogP contribution in [-0.2, 0) is 0 Å². The van der Waals surface area contributed by atoms with Crippen molar-refractivity contribution in [2.24, 2.45) is 17.3 Å². The van der Waals surface area contributed by atoms with E-state index in [0.29, 0.717) is 23.6 Å². The Morgan fingerprint density at radius 3 is 2.66 bits per heavy atom. The Kier molecular flexibility index (Phi) is 7.41. The first-order chi connectivity index (χ1) is 13.7. The van der Waals surface area contributed by atoms with Gasteiger partial charge in [-0.15, -0.1) is 0 Å². The molecule has 0 aromatic carbocycles. The van der Waals surface area contributed by atoms with Crippen LogP contribution in [0.3, 0.4) is 0 Å². The second kappa shape index (κ2) is 9.39. The van der Waals surface area contributed by atoms with Crippen molar-refractivity contribution in [1.29, 1.82) is 5.26 Å². The van der Waals surface area contributed by atoms with Gasteiger partial charge in [0.2, 0.25) is 0 Å². The maximum Gasteiger partial charge on any atom is 0.146 e. The molecular formula is C25H34FN3. The van der Waals surface area contributed by atoms with Crippen LogP contribution in [0.1, 0.15) is 59.6 Å². The molecule has 0 fully saturated rings. The second-order valence-corrected chi connectivity index (χ2v) is 8.53. The van der Waals surface area contributed by atoms with Crippen molar-refractivity contribution in [3.8, 4) is 6.07 Å². The third-order valence-corrected chi connectivity index (χ3v) is 6.53. The lowest BCUT2D eigenvalue weighted by molar-refractivity contribution is 0.195. The van der Waals surface area contributed by atoms with Gasteiger partial charge in [0.15, 0.2) is 0 Å². The molecule has 0 spiro atoms. The highest BCUT2D eigenvalue weighted by molar-refractivity contribution is 5.77. The number of aromatic nitrogens is 1. The summed E-state index contributed by atoms with van der Waals surface area (Å²) in [5.74, 6) is -0.141. The minimum absolute atomic E-state index is 0.0812. The average Bonchev–Trinajstić information content (AvgIpc) is 2.71. The number of anilines is 1. The van der Waals surface area contributed by atoms with Gasteiger partial charge in [0, 0.05) is 37.5 Å². The third-order valence-electron chi connectivity index (χ3n) is 6.53. The van der Waals surface area contributed by atoms with Gasteiger partial charge < -0.3 is 4.90 Å². The first kappa shape index (κ1) is 22.9. The molecule has 1 heterocycles. The van der Waals surface area contributed by atoms with Crippen molar-refractivity contribution in [1.82, 2.24) is 4.98 Å². The summed E-state index contributed by atoms with van der Waals surface area (Å²) in [6.45, 7) is 10.6. The molecule has 0 saturated heterocycles. The van der Waals surface area contributed by atoms with Crippen LogP contribution in [0.4, 0.5) is 10.1 Å². The van der Waals surface area contributed by atoms with Crippen molar-refractivity contribution in [3.63, 3.8) is 0 Å². The molecule has 0 saturated carbocycles. The van der Waals surface area contributed by atoms with Gasteiger partial charge in [-0.1, -0.05) is 51.8 Å². The Balaban J connectivity index is 2.77. The van der Waals surface area contributed by atoms with Crippen LogP contribution in [0.2, 0.25) is 0 Å². The smallest absolute Gasteiger partial charge is 0.146 e. The van der Waals surface area contributed by atoms with E-state index in [1.807, 2.05) is 38.1 Å². The lowest BCUT2D eigenvalue weighted by atomic mass is 9.60. The van der Waals surface area contributed by atoms with E-state index in [2.05, 4.69) is 50.9 Å². The summed E-state index contributed by atoms with van der Waals surface area (Å²) in [4.78, 5) is 6.52. The van der Waals surface area contributed by atoms with Gasteiger partial charge in [-0.25, -0.2) is 4.39 Å². The van der Waals surface area contributed by atoms with Crippen LogP contribution in [0.5, 0.6) is 0 Å². The second-order valence-electron chi connectivity index (χ2n) is 8.53. The van der Waals surface area contributed by atoms with Crippen molar-refractivity contribution < 1.29 is 4.39 Å². The Morgan fingerprint density at radius 1 is 1.41 bits per heavy atom. The van der Waals surface area contributed by atoms with Gasteiger partial charge in [0.1, 0.15) is 11.9 Å². The van der Waals surface area contributed by atoms with Crippen LogP contribution in [-0.4, -0.2) is 19.1 Å². The van der Waals surface area contributed by atoms with E-state index in [4.69, 9.17) is 0 Å². The maximum absolute atomic E-state index is 15.8. The van der Waals surface area contributed by atoms with Gasteiger partial charge in [0.25, 0.3) is 0 Å². The molecule has 2 rings (SSSR count). The molecule has 3 atom stereocenters. The zero-order valence-corrected chi connectivity index (χ0v) is 18.9. The zero-order valence-electron chi connectivity index (χ0n) is 18.9. The fourth-order valence-electron chi connectivity index (χ4n) is 4.23. The standard InChI is InChI=1S/C25H34FN3/c1-8-10-12-25(5,18(4)9-2)21-14-17(3)20(16-27)24(26)23(21)22-15-19(29(6)7)11-13-28-22/h10-13,15,18,21H,8-9,14H2,1-7H3. The Bertz CT molecular complexity index is 872. The molecule has 0 amide bonds. The summed E-state index contributed by atoms with van der Waals surface area (Å²) < 4.78 is 15.8. The number of nitriles is 1. The van der Waals surface area contributed by atoms with Crippen LogP contribution >= 0.6 is 0 Å². The molecule has 0 bridgehead atoms. The minimum Gasteiger partial charge on any atom is -0.378 e. The van der Waals surface area contributed by atoms with Crippen LogP contribution in [0, 0.1) is 28.6 Å². The number of pyridine rings is 1. The van der Waals surface area contributed by atoms with Gasteiger partial charge in [-0.05, 0) is 43.2 Å². The number of hydrogen-bond donors (Lipinski definition) is 0. The fourth-order valence-corrected chi connectivity index (χ4v) is 4.23. The molecule has 1 aromatic rings. The maximum atomic E-state index is 15.8. The summed E-state index contributed by atoms with van der Waals surface area (Å²) >= 11 is 0. The highest BCUT2D eigenvalue weighted by atomic mass is 19.1. The highest BCUT2D eigenvalue weighted by Gasteiger charge is 2.43. The monoisotopic (exact) mass is 395 g/mol. The molecule has 1 aliphatic rings. The predicted octanol–water partition coefficient (Wildman–Crippen LogP) is 6.71. The molecule has 0 radical (unpaired) electrons. The normalized spacial score (nSPS) is 20.6. The highest BCUT2D eigenvalue weighted by Crippen LogP contribution is 2.52. The Labute approximate surface area is 175 Å². The molecule has 3 nitrogen and oxygen atoms in total. The van der Waals surface area contributed by atoms with Crippen molar-refractivity contribution in [3.05, 3.63) is 53.1 Å². The largest absolute Gasteiger partial charge is 0.378 e. The number of hydrogen-bond acceptors (Lipinski definition) is 3. The van der Waals surface area contributed by atoms with E-state index in [0.717, 1.165) is 24.1 Å². The average molecular weight is 396 g/mol. The van der Waals surface area contributed by atoms with Crippen LogP contribution < -0.4 is 4.90 Å². The van der Waals surface area contributed by atoms with Crippen molar-refractivity contribution in [2.75, 3.05) is 19.0 Å². The molecule has 1 aromatic heterocycles. The number of allylic oxidation sites excluding steroid dienone is 6. The molecule has 1 aliphatic carbocycles. The topological polar surface area (TPSA) is 39.9 Å². The summed E-state index contributed by atoms with van der Waals surface area (Å²) in [6.07, 6.45) is 8.77. The van der Waals surface area contributed by atoms with Crippen LogP contribution in [0.25, 0.3) is 5.57 Å². The first-order valence-electron chi connectivity index (χ1n) is 10.5. The summed E-state index contributed by atoms with van der Waals surface area (Å²) in [5.41, 5.74) is 2.90. The first-order valence-corrected chi connectivity index (χ1v) is 10.5. The van der Waals surface area contributed by atoms with E-state index in [9.17, 15) is 5.26 Å². The van der Waals surface area contributed by atoms with Gasteiger partial charge in [0.05, 0.1) is 11.3 Å². The van der Waals surface area contributed by atoms with E-state index >= 15 is 4.39 Å². The SMILES string of the molecule is CCC=CC(C)(C(C)CC)C1CC(C)=C(C#N)C(F)=C1c1cc(N(C)C)ccn1. The molecule has 0 aliphatic heterocycles. The lowest BCUT2D eigenvalue weighted by Crippen LogP contribution is -2.35. The number of rotatable bonds is 7. The molecule has 29 heavy (non-hydrogen) atoms. The van der Waals surface area contributed by atoms with Crippen molar-refractivity contribution in [2.45, 2.75) is 53.9 Å². The van der Waals surface area contributed by atoms with E-state index in [-0.39, 0.29) is 16.9 Å². The van der Waals surface area contributed by atoms with Gasteiger partial charge in [-0.3, -0.25) is 4.98 Å². The summed E-state index contributed by atoms with van der Waals surface area (Å²) in [5, 5.41) is 9.60. The molecular weight excluding hydrogens is 361 g/mol. The predicted molar refractivity (Wildman–Crippen MR) is 120 cm³/mol. The van der Waals surface area contributed by atoms with Gasteiger partial charge in [-0.2, -0.15) is 5.26 Å². The fraction of sp³-hybridized carbons (Fsp3) is 0.520. The summed E-state index contributed by atoms with van der Waals surface area (Å²) in [7, 11) is 3.92. The van der Waals surface area contributed by atoms with E-state index < -0.39 is 5.83 Å². The number of halogens is 1.